The van der Waals surface area contributed by atoms with Crippen molar-refractivity contribution in [2.45, 2.75) is 37.9 Å². The quantitative estimate of drug-likeness (QED) is 0.678. The van der Waals surface area contributed by atoms with Crippen LogP contribution in [0.5, 0.6) is 5.75 Å². The number of nitro benzene ring substituents is 1. The highest BCUT2D eigenvalue weighted by Crippen LogP contribution is 2.33. The van der Waals surface area contributed by atoms with E-state index in [0.29, 0.717) is 17.9 Å². The lowest BCUT2D eigenvalue weighted by molar-refractivity contribution is -0.386. The molecule has 5 nitrogen and oxygen atoms in total. The van der Waals surface area contributed by atoms with E-state index in [2.05, 4.69) is 0 Å². The van der Waals surface area contributed by atoms with Gasteiger partial charge in [-0.05, 0) is 25.3 Å². The van der Waals surface area contributed by atoms with Crippen molar-refractivity contribution >= 4 is 17.3 Å². The molecular weight excluding hydrogens is 258 g/mol. The highest BCUT2D eigenvalue weighted by Gasteiger charge is 2.27. The number of aliphatic hydroxyl groups excluding tert-OH is 1. The van der Waals surface area contributed by atoms with E-state index in [0.717, 1.165) is 12.8 Å². The van der Waals surface area contributed by atoms with Crippen molar-refractivity contribution in [3.05, 3.63) is 33.3 Å². The molecule has 0 radical (unpaired) electrons. The van der Waals surface area contributed by atoms with Gasteiger partial charge in [0, 0.05) is 17.2 Å². The van der Waals surface area contributed by atoms with Crippen molar-refractivity contribution in [1.82, 2.24) is 0 Å². The van der Waals surface area contributed by atoms with Gasteiger partial charge in [0.05, 0.1) is 11.0 Å². The summed E-state index contributed by atoms with van der Waals surface area (Å²) in [7, 11) is 0. The minimum Gasteiger partial charge on any atom is -0.481 e. The smallest absolute Gasteiger partial charge is 0.311 e. The number of nitrogens with zero attached hydrogens (tertiary/aromatic N) is 1. The Bertz CT molecular complexity index is 452. The Morgan fingerprint density at radius 2 is 2.11 bits per heavy atom. The molecule has 1 N–H and O–H groups in total. The molecule has 0 saturated heterocycles. The monoisotopic (exact) mass is 271 g/mol. The zero-order valence-electron chi connectivity index (χ0n) is 9.71. The molecule has 0 unspecified atom stereocenters. The van der Waals surface area contributed by atoms with E-state index in [1.165, 1.54) is 18.2 Å². The number of benzene rings is 1. The third-order valence-corrected chi connectivity index (χ3v) is 3.30. The van der Waals surface area contributed by atoms with Crippen LogP contribution < -0.4 is 4.74 Å². The number of halogens is 1. The molecule has 0 aromatic heterocycles. The van der Waals surface area contributed by atoms with Crippen LogP contribution in [0.3, 0.4) is 0 Å². The highest BCUT2D eigenvalue weighted by molar-refractivity contribution is 6.30. The first-order chi connectivity index (χ1) is 8.58. The SMILES string of the molecule is O=[N+]([O-])c1ccc(Cl)cc1O[C@H]1CCCC[C@@H]1O. The first kappa shape index (κ1) is 13.1. The zero-order chi connectivity index (χ0) is 13.1. The summed E-state index contributed by atoms with van der Waals surface area (Å²) in [6.45, 7) is 0. The van der Waals surface area contributed by atoms with Gasteiger partial charge in [-0.2, -0.15) is 0 Å². The summed E-state index contributed by atoms with van der Waals surface area (Å²) in [5, 5.41) is 21.1. The van der Waals surface area contributed by atoms with Crippen LogP contribution in [0.25, 0.3) is 0 Å². The second-order valence-electron chi connectivity index (χ2n) is 4.38. The Morgan fingerprint density at radius 1 is 1.39 bits per heavy atom. The minimum absolute atomic E-state index is 0.124. The number of aliphatic hydroxyl groups is 1. The minimum atomic E-state index is -0.572. The fraction of sp³-hybridized carbons (Fsp3) is 0.500. The normalized spacial score (nSPS) is 23.7. The van der Waals surface area contributed by atoms with Crippen molar-refractivity contribution in [2.75, 3.05) is 0 Å². The van der Waals surface area contributed by atoms with Crippen LogP contribution >= 0.6 is 11.6 Å². The maximum Gasteiger partial charge on any atom is 0.311 e. The van der Waals surface area contributed by atoms with Gasteiger partial charge in [-0.25, -0.2) is 0 Å². The lowest BCUT2D eigenvalue weighted by atomic mass is 9.95. The summed E-state index contributed by atoms with van der Waals surface area (Å²) in [4.78, 5) is 10.4. The summed E-state index contributed by atoms with van der Waals surface area (Å²) >= 11 is 5.81. The van der Waals surface area contributed by atoms with E-state index in [1.807, 2.05) is 0 Å². The maximum atomic E-state index is 10.9. The third-order valence-electron chi connectivity index (χ3n) is 3.06. The summed E-state index contributed by atoms with van der Waals surface area (Å²) in [5.74, 6) is 0.124. The average molecular weight is 272 g/mol. The van der Waals surface area contributed by atoms with Crippen LogP contribution in [0.2, 0.25) is 5.02 Å². The molecule has 0 aliphatic heterocycles. The van der Waals surface area contributed by atoms with E-state index in [1.54, 1.807) is 0 Å². The van der Waals surface area contributed by atoms with Gasteiger partial charge >= 0.3 is 5.69 Å². The summed E-state index contributed by atoms with van der Waals surface area (Å²) in [6, 6.07) is 4.18. The number of hydrogen-bond acceptors (Lipinski definition) is 4. The predicted molar refractivity (Wildman–Crippen MR) is 67.0 cm³/mol. The van der Waals surface area contributed by atoms with Crippen LogP contribution in [0.1, 0.15) is 25.7 Å². The molecule has 2 rings (SSSR count). The molecule has 98 valence electrons. The van der Waals surface area contributed by atoms with Gasteiger partial charge in [-0.15, -0.1) is 0 Å². The first-order valence-corrected chi connectivity index (χ1v) is 6.24. The molecular formula is C12H14ClNO4. The van der Waals surface area contributed by atoms with Gasteiger partial charge < -0.3 is 9.84 Å². The van der Waals surface area contributed by atoms with Gasteiger partial charge in [0.2, 0.25) is 0 Å². The number of nitro groups is 1. The summed E-state index contributed by atoms with van der Waals surface area (Å²) in [5.41, 5.74) is -0.128. The van der Waals surface area contributed by atoms with Crippen LogP contribution in [-0.2, 0) is 0 Å². The Hall–Kier alpha value is -1.33. The first-order valence-electron chi connectivity index (χ1n) is 5.86. The molecule has 1 aromatic rings. The zero-order valence-corrected chi connectivity index (χ0v) is 10.5. The standard InChI is InChI=1S/C12H14ClNO4/c13-8-5-6-9(14(16)17)12(7-8)18-11-4-2-1-3-10(11)15/h5-7,10-11,15H,1-4H2/t10-,11-/m0/s1. The van der Waals surface area contributed by atoms with Crippen molar-refractivity contribution in [3.8, 4) is 5.75 Å². The second kappa shape index (κ2) is 5.54. The van der Waals surface area contributed by atoms with Crippen LogP contribution in [0.4, 0.5) is 5.69 Å². The molecule has 0 spiro atoms. The number of rotatable bonds is 3. The average Bonchev–Trinajstić information content (AvgIpc) is 2.32. The van der Waals surface area contributed by atoms with E-state index in [9.17, 15) is 15.2 Å². The molecule has 1 saturated carbocycles. The van der Waals surface area contributed by atoms with Crippen molar-refractivity contribution in [3.63, 3.8) is 0 Å². The molecule has 2 atom stereocenters. The van der Waals surface area contributed by atoms with Gasteiger partial charge in [-0.1, -0.05) is 18.0 Å². The fourth-order valence-corrected chi connectivity index (χ4v) is 2.27. The van der Waals surface area contributed by atoms with Gasteiger partial charge in [-0.3, -0.25) is 10.1 Å². The number of hydrogen-bond donors (Lipinski definition) is 1. The maximum absolute atomic E-state index is 10.9. The molecule has 1 fully saturated rings. The topological polar surface area (TPSA) is 72.6 Å². The lowest BCUT2D eigenvalue weighted by Gasteiger charge is -2.27. The van der Waals surface area contributed by atoms with Crippen molar-refractivity contribution < 1.29 is 14.8 Å². The molecule has 1 aromatic carbocycles. The molecule has 0 bridgehead atoms. The van der Waals surface area contributed by atoms with E-state index < -0.39 is 17.1 Å². The summed E-state index contributed by atoms with van der Waals surface area (Å²) < 4.78 is 5.56. The lowest BCUT2D eigenvalue weighted by Crippen LogP contribution is -2.34. The highest BCUT2D eigenvalue weighted by atomic mass is 35.5. The second-order valence-corrected chi connectivity index (χ2v) is 4.81. The van der Waals surface area contributed by atoms with Gasteiger partial charge in [0.25, 0.3) is 0 Å². The molecule has 18 heavy (non-hydrogen) atoms. The Labute approximate surface area is 109 Å². The van der Waals surface area contributed by atoms with Crippen LogP contribution in [0, 0.1) is 10.1 Å². The predicted octanol–water partition coefficient (Wildman–Crippen LogP) is 2.93. The van der Waals surface area contributed by atoms with E-state index in [-0.39, 0.29) is 11.4 Å². The van der Waals surface area contributed by atoms with E-state index >= 15 is 0 Å². The largest absolute Gasteiger partial charge is 0.481 e. The van der Waals surface area contributed by atoms with Gasteiger partial charge in [0.1, 0.15) is 6.10 Å². The molecule has 0 heterocycles. The van der Waals surface area contributed by atoms with Gasteiger partial charge in [0.15, 0.2) is 5.75 Å². The molecule has 0 amide bonds. The van der Waals surface area contributed by atoms with Crippen LogP contribution in [0.15, 0.2) is 18.2 Å². The fourth-order valence-electron chi connectivity index (χ4n) is 2.11. The molecule has 1 aliphatic rings. The van der Waals surface area contributed by atoms with Crippen molar-refractivity contribution in [1.29, 1.82) is 0 Å². The number of ether oxygens (including phenoxy) is 1. The Morgan fingerprint density at radius 3 is 2.78 bits per heavy atom. The molecule has 6 heteroatoms. The third kappa shape index (κ3) is 2.91. The summed E-state index contributed by atoms with van der Waals surface area (Å²) in [6.07, 6.45) is 2.31. The van der Waals surface area contributed by atoms with Crippen molar-refractivity contribution in [2.24, 2.45) is 0 Å². The Balaban J connectivity index is 2.21. The van der Waals surface area contributed by atoms with Crippen LogP contribution in [-0.4, -0.2) is 22.2 Å². The van der Waals surface area contributed by atoms with E-state index in [4.69, 9.17) is 16.3 Å². The Kier molecular flexibility index (Phi) is 4.04. The molecule has 1 aliphatic carbocycles.